The van der Waals surface area contributed by atoms with E-state index in [2.05, 4.69) is 0 Å². The predicted molar refractivity (Wildman–Crippen MR) is 136 cm³/mol. The molecule has 0 heterocycles. The predicted octanol–water partition coefficient (Wildman–Crippen LogP) is 5.35. The van der Waals surface area contributed by atoms with Gasteiger partial charge in [0, 0.05) is 16.7 Å². The summed E-state index contributed by atoms with van der Waals surface area (Å²) in [5, 5.41) is 10.4. The highest BCUT2D eigenvalue weighted by molar-refractivity contribution is 6.42. The second kappa shape index (κ2) is 11.4. The van der Waals surface area contributed by atoms with Crippen molar-refractivity contribution in [3.05, 3.63) is 57.6 Å². The Morgan fingerprint density at radius 3 is 2.17 bits per heavy atom. The van der Waals surface area contributed by atoms with Gasteiger partial charge in [-0.2, -0.15) is 0 Å². The standard InChI is InChI=1S/C26H31Cl2NO6/c1-25(2,3)26(4,5)35-24(33)21(31)13-23(32)29(14-16-7-9-19(27)20(28)11-16)18-8-10-22(34-6)17(12-18)15-30/h7-12,30H,13-15H2,1-6H3. The van der Waals surface area contributed by atoms with Crippen LogP contribution in [0.25, 0.3) is 0 Å². The molecule has 35 heavy (non-hydrogen) atoms. The number of Topliss-reactive ketones (excluding diaryl/α,β-unsaturated/α-hetero) is 1. The van der Waals surface area contributed by atoms with E-state index in [-0.39, 0.29) is 13.2 Å². The molecule has 0 bridgehead atoms. The normalized spacial score (nSPS) is 11.7. The van der Waals surface area contributed by atoms with Gasteiger partial charge < -0.3 is 19.5 Å². The van der Waals surface area contributed by atoms with Crippen LogP contribution in [-0.4, -0.2) is 35.5 Å². The Morgan fingerprint density at radius 1 is 0.971 bits per heavy atom. The molecule has 0 saturated carbocycles. The SMILES string of the molecule is COc1ccc(N(Cc2ccc(Cl)c(Cl)c2)C(=O)CC(=O)C(=O)OC(C)(C)C(C)(C)C)cc1CO. The van der Waals surface area contributed by atoms with Gasteiger partial charge in [-0.25, -0.2) is 4.79 Å². The Bertz CT molecular complexity index is 1110. The van der Waals surface area contributed by atoms with Crippen LogP contribution in [0, 0.1) is 5.41 Å². The molecule has 2 rings (SSSR count). The van der Waals surface area contributed by atoms with Crippen LogP contribution in [0.5, 0.6) is 5.75 Å². The van der Waals surface area contributed by atoms with Gasteiger partial charge in [0.2, 0.25) is 11.7 Å². The second-order valence-electron chi connectivity index (χ2n) is 9.63. The summed E-state index contributed by atoms with van der Waals surface area (Å²) >= 11 is 12.1. The lowest BCUT2D eigenvalue weighted by atomic mass is 9.79. The zero-order valence-corrected chi connectivity index (χ0v) is 22.3. The molecule has 0 saturated heterocycles. The summed E-state index contributed by atoms with van der Waals surface area (Å²) in [5.41, 5.74) is 0.167. The zero-order valence-electron chi connectivity index (χ0n) is 20.8. The van der Waals surface area contributed by atoms with Gasteiger partial charge in [-0.3, -0.25) is 9.59 Å². The minimum absolute atomic E-state index is 0.0444. The summed E-state index contributed by atoms with van der Waals surface area (Å²) in [5.74, 6) is -2.20. The Hall–Kier alpha value is -2.61. The van der Waals surface area contributed by atoms with Gasteiger partial charge in [0.1, 0.15) is 11.4 Å². The quantitative estimate of drug-likeness (QED) is 0.270. The van der Waals surface area contributed by atoms with E-state index < -0.39 is 35.1 Å². The average molecular weight is 524 g/mol. The first-order valence-electron chi connectivity index (χ1n) is 11.0. The molecule has 0 aromatic heterocycles. The lowest BCUT2D eigenvalue weighted by Crippen LogP contribution is -2.43. The molecular weight excluding hydrogens is 493 g/mol. The number of hydrogen-bond acceptors (Lipinski definition) is 6. The molecule has 7 nitrogen and oxygen atoms in total. The van der Waals surface area contributed by atoms with Crippen LogP contribution in [0.3, 0.4) is 0 Å². The number of aliphatic hydroxyl groups excluding tert-OH is 1. The number of nitrogens with zero attached hydrogens (tertiary/aromatic N) is 1. The smallest absolute Gasteiger partial charge is 0.375 e. The van der Waals surface area contributed by atoms with Crippen molar-refractivity contribution in [2.75, 3.05) is 12.0 Å². The van der Waals surface area contributed by atoms with Crippen LogP contribution in [0.4, 0.5) is 5.69 Å². The van der Waals surface area contributed by atoms with Gasteiger partial charge >= 0.3 is 5.97 Å². The van der Waals surface area contributed by atoms with Gasteiger partial charge in [0.15, 0.2) is 0 Å². The fourth-order valence-electron chi connectivity index (χ4n) is 2.95. The Morgan fingerprint density at radius 2 is 1.63 bits per heavy atom. The fourth-order valence-corrected chi connectivity index (χ4v) is 3.27. The van der Waals surface area contributed by atoms with E-state index in [1.807, 2.05) is 20.8 Å². The number of anilines is 1. The number of carbonyl (C=O) groups excluding carboxylic acids is 3. The summed E-state index contributed by atoms with van der Waals surface area (Å²) in [6.07, 6.45) is -0.694. The first kappa shape index (κ1) is 28.6. The number of rotatable bonds is 9. The number of halogens is 2. The minimum Gasteiger partial charge on any atom is -0.496 e. The van der Waals surface area contributed by atoms with Gasteiger partial charge in [0.05, 0.1) is 36.7 Å². The van der Waals surface area contributed by atoms with Gasteiger partial charge in [-0.15, -0.1) is 0 Å². The molecule has 0 fully saturated rings. The topological polar surface area (TPSA) is 93.1 Å². The number of amides is 1. The summed E-state index contributed by atoms with van der Waals surface area (Å²) < 4.78 is 10.7. The lowest BCUT2D eigenvalue weighted by molar-refractivity contribution is -0.172. The lowest BCUT2D eigenvalue weighted by Gasteiger charge is -2.37. The third-order valence-corrected chi connectivity index (χ3v) is 6.80. The van der Waals surface area contributed by atoms with Crippen LogP contribution >= 0.6 is 23.2 Å². The number of esters is 1. The summed E-state index contributed by atoms with van der Waals surface area (Å²) in [4.78, 5) is 39.8. The maximum Gasteiger partial charge on any atom is 0.375 e. The Balaban J connectivity index is 2.35. The minimum atomic E-state index is -1.07. The third kappa shape index (κ3) is 7.19. The van der Waals surface area contributed by atoms with E-state index in [0.29, 0.717) is 32.6 Å². The molecule has 0 aliphatic carbocycles. The second-order valence-corrected chi connectivity index (χ2v) is 10.4. The van der Waals surface area contributed by atoms with Crippen LogP contribution in [-0.2, 0) is 32.3 Å². The summed E-state index contributed by atoms with van der Waals surface area (Å²) in [6.45, 7) is 8.81. The molecule has 0 aliphatic heterocycles. The largest absolute Gasteiger partial charge is 0.496 e. The van der Waals surface area contributed by atoms with E-state index >= 15 is 0 Å². The first-order valence-corrected chi connectivity index (χ1v) is 11.7. The van der Waals surface area contributed by atoms with Gasteiger partial charge in [0.25, 0.3) is 0 Å². The van der Waals surface area contributed by atoms with Crippen LogP contribution < -0.4 is 9.64 Å². The Labute approximate surface area is 215 Å². The highest BCUT2D eigenvalue weighted by atomic mass is 35.5. The number of carbonyl (C=O) groups is 3. The van der Waals surface area contributed by atoms with E-state index in [4.69, 9.17) is 32.7 Å². The van der Waals surface area contributed by atoms with Crippen molar-refractivity contribution in [2.45, 2.75) is 59.8 Å². The first-order chi connectivity index (χ1) is 16.2. The molecule has 0 aliphatic rings. The number of hydrogen-bond donors (Lipinski definition) is 1. The number of benzene rings is 2. The number of methoxy groups -OCH3 is 1. The van der Waals surface area contributed by atoms with Crippen molar-refractivity contribution >= 4 is 46.5 Å². The van der Waals surface area contributed by atoms with Gasteiger partial charge in [-0.1, -0.05) is 50.0 Å². The van der Waals surface area contributed by atoms with E-state index in [1.165, 1.54) is 12.0 Å². The molecule has 2 aromatic carbocycles. The van der Waals surface area contributed by atoms with Crippen LogP contribution in [0.15, 0.2) is 36.4 Å². The Kier molecular flexibility index (Phi) is 9.34. The van der Waals surface area contributed by atoms with E-state index in [9.17, 15) is 19.5 Å². The molecule has 0 spiro atoms. The highest BCUT2D eigenvalue weighted by Crippen LogP contribution is 2.33. The van der Waals surface area contributed by atoms with Crippen molar-refractivity contribution < 1.29 is 29.0 Å². The molecule has 1 amide bonds. The zero-order chi connectivity index (χ0) is 26.6. The summed E-state index contributed by atoms with van der Waals surface area (Å²) in [6, 6.07) is 9.73. The molecule has 190 valence electrons. The van der Waals surface area contributed by atoms with Gasteiger partial charge in [-0.05, 0) is 49.7 Å². The molecule has 0 radical (unpaired) electrons. The third-order valence-electron chi connectivity index (χ3n) is 6.07. The fraction of sp³-hybridized carbons (Fsp3) is 0.423. The van der Waals surface area contributed by atoms with Crippen molar-refractivity contribution in [1.82, 2.24) is 0 Å². The highest BCUT2D eigenvalue weighted by Gasteiger charge is 2.38. The van der Waals surface area contributed by atoms with Crippen LogP contribution in [0.2, 0.25) is 10.0 Å². The molecule has 0 unspecified atom stereocenters. The average Bonchev–Trinajstić information content (AvgIpc) is 2.78. The summed E-state index contributed by atoms with van der Waals surface area (Å²) in [7, 11) is 1.47. The van der Waals surface area contributed by atoms with Crippen molar-refractivity contribution in [3.63, 3.8) is 0 Å². The van der Waals surface area contributed by atoms with E-state index in [0.717, 1.165) is 0 Å². The monoisotopic (exact) mass is 523 g/mol. The molecule has 1 N–H and O–H groups in total. The maximum absolute atomic E-state index is 13.3. The van der Waals surface area contributed by atoms with Crippen LogP contribution in [0.1, 0.15) is 52.2 Å². The van der Waals surface area contributed by atoms with Crippen molar-refractivity contribution in [3.8, 4) is 5.75 Å². The maximum atomic E-state index is 13.3. The molecular formula is C26H31Cl2NO6. The number of aliphatic hydroxyl groups is 1. The number of ketones is 1. The molecule has 2 aromatic rings. The van der Waals surface area contributed by atoms with Crippen molar-refractivity contribution in [2.24, 2.45) is 5.41 Å². The number of ether oxygens (including phenoxy) is 2. The van der Waals surface area contributed by atoms with E-state index in [1.54, 1.807) is 50.2 Å². The molecule has 9 heteroatoms. The molecule has 0 atom stereocenters. The van der Waals surface area contributed by atoms with Crippen molar-refractivity contribution in [1.29, 1.82) is 0 Å².